The maximum atomic E-state index is 13.1. The molecule has 5 rings (SSSR count). The minimum Gasteiger partial charge on any atom is -0.497 e. The van der Waals surface area contributed by atoms with Crippen molar-refractivity contribution < 1.29 is 14.3 Å². The summed E-state index contributed by atoms with van der Waals surface area (Å²) in [6.45, 7) is 0.693. The SMILES string of the molecule is COc1cccc(-c2nnc(SCC(=O)c3cccc(N4CCCC4=O)c3)n2-c2ccccc2)c1. The van der Waals surface area contributed by atoms with Crippen LogP contribution in [0.1, 0.15) is 23.2 Å². The van der Waals surface area contributed by atoms with Crippen molar-refractivity contribution in [2.75, 3.05) is 24.3 Å². The number of hydrogen-bond acceptors (Lipinski definition) is 6. The highest BCUT2D eigenvalue weighted by Crippen LogP contribution is 2.30. The fourth-order valence-electron chi connectivity index (χ4n) is 4.10. The van der Waals surface area contributed by atoms with Gasteiger partial charge in [0.1, 0.15) is 5.75 Å². The molecule has 35 heavy (non-hydrogen) atoms. The number of methoxy groups -OCH3 is 1. The highest BCUT2D eigenvalue weighted by atomic mass is 32.2. The van der Waals surface area contributed by atoms with Crippen LogP contribution in [0.15, 0.2) is 84.0 Å². The zero-order valence-corrected chi connectivity index (χ0v) is 20.1. The average molecular weight is 485 g/mol. The van der Waals surface area contributed by atoms with Gasteiger partial charge >= 0.3 is 0 Å². The summed E-state index contributed by atoms with van der Waals surface area (Å²) in [6, 6.07) is 24.8. The molecule has 1 aliphatic rings. The largest absolute Gasteiger partial charge is 0.497 e. The number of carbonyl (C=O) groups is 2. The molecule has 0 saturated carbocycles. The van der Waals surface area contributed by atoms with Gasteiger partial charge in [-0.3, -0.25) is 14.2 Å². The molecular formula is C27H24N4O3S. The molecule has 176 valence electrons. The molecule has 2 heterocycles. The summed E-state index contributed by atoms with van der Waals surface area (Å²) in [6.07, 6.45) is 1.40. The molecule has 0 radical (unpaired) electrons. The maximum absolute atomic E-state index is 13.1. The quantitative estimate of drug-likeness (QED) is 0.257. The number of nitrogens with zero attached hydrogens (tertiary/aromatic N) is 4. The van der Waals surface area contributed by atoms with Gasteiger partial charge in [0.25, 0.3) is 0 Å². The van der Waals surface area contributed by atoms with Gasteiger partial charge in [0.15, 0.2) is 16.8 Å². The van der Waals surface area contributed by atoms with Crippen LogP contribution >= 0.6 is 11.8 Å². The highest BCUT2D eigenvalue weighted by Gasteiger charge is 2.23. The Hall–Kier alpha value is -3.91. The van der Waals surface area contributed by atoms with E-state index in [0.717, 1.165) is 29.1 Å². The molecule has 1 amide bonds. The monoisotopic (exact) mass is 484 g/mol. The number of amides is 1. The Morgan fingerprint density at radius 2 is 1.77 bits per heavy atom. The standard InChI is InChI=1S/C27H24N4O3S/c1-34-23-13-6-9-20(17-23)26-28-29-27(31(26)21-10-3-2-4-11-21)35-18-24(32)19-8-5-12-22(16-19)30-15-7-14-25(30)33/h2-6,8-13,16-17H,7,14-15,18H2,1H3. The van der Waals surface area contributed by atoms with Gasteiger partial charge in [0.2, 0.25) is 5.91 Å². The predicted octanol–water partition coefficient (Wildman–Crippen LogP) is 5.04. The fraction of sp³-hybridized carbons (Fsp3) is 0.185. The molecule has 7 nitrogen and oxygen atoms in total. The van der Waals surface area contributed by atoms with E-state index in [-0.39, 0.29) is 17.4 Å². The molecule has 1 fully saturated rings. The second-order valence-electron chi connectivity index (χ2n) is 8.12. The van der Waals surface area contributed by atoms with Gasteiger partial charge in [-0.1, -0.05) is 54.2 Å². The maximum Gasteiger partial charge on any atom is 0.227 e. The molecule has 0 atom stereocenters. The molecule has 0 unspecified atom stereocenters. The van der Waals surface area contributed by atoms with Gasteiger partial charge in [-0.2, -0.15) is 0 Å². The first-order valence-corrected chi connectivity index (χ1v) is 12.3. The van der Waals surface area contributed by atoms with Crippen molar-refractivity contribution in [3.05, 3.63) is 84.4 Å². The first kappa shape index (κ1) is 22.9. The number of hydrogen-bond donors (Lipinski definition) is 0. The van der Waals surface area contributed by atoms with Crippen LogP contribution in [-0.2, 0) is 4.79 Å². The fourth-order valence-corrected chi connectivity index (χ4v) is 4.95. The van der Waals surface area contributed by atoms with Crippen molar-refractivity contribution in [3.63, 3.8) is 0 Å². The Morgan fingerprint density at radius 3 is 2.54 bits per heavy atom. The summed E-state index contributed by atoms with van der Waals surface area (Å²) in [5.74, 6) is 1.66. The molecule has 0 bridgehead atoms. The van der Waals surface area contributed by atoms with Gasteiger partial charge in [-0.15, -0.1) is 10.2 Å². The van der Waals surface area contributed by atoms with Crippen LogP contribution in [0.2, 0.25) is 0 Å². The van der Waals surface area contributed by atoms with Crippen LogP contribution in [0.3, 0.4) is 0 Å². The van der Waals surface area contributed by atoms with Gasteiger partial charge < -0.3 is 9.64 Å². The lowest BCUT2D eigenvalue weighted by Gasteiger charge is -2.16. The van der Waals surface area contributed by atoms with E-state index >= 15 is 0 Å². The smallest absolute Gasteiger partial charge is 0.227 e. The van der Waals surface area contributed by atoms with E-state index in [0.29, 0.717) is 29.5 Å². The van der Waals surface area contributed by atoms with Crippen molar-refractivity contribution >= 4 is 29.1 Å². The van der Waals surface area contributed by atoms with Gasteiger partial charge in [0, 0.05) is 35.5 Å². The van der Waals surface area contributed by atoms with Crippen LogP contribution in [-0.4, -0.2) is 45.9 Å². The number of aromatic nitrogens is 3. The lowest BCUT2D eigenvalue weighted by molar-refractivity contribution is -0.117. The molecule has 0 spiro atoms. The number of ether oxygens (including phenoxy) is 1. The third kappa shape index (κ3) is 4.83. The minimum absolute atomic E-state index is 0.0333. The van der Waals surface area contributed by atoms with Crippen LogP contribution in [0.5, 0.6) is 5.75 Å². The number of carbonyl (C=O) groups excluding carboxylic acids is 2. The first-order chi connectivity index (χ1) is 17.1. The lowest BCUT2D eigenvalue weighted by atomic mass is 10.1. The van der Waals surface area contributed by atoms with Crippen molar-refractivity contribution in [3.8, 4) is 22.8 Å². The molecular weight excluding hydrogens is 460 g/mol. The molecule has 1 aromatic heterocycles. The van der Waals surface area contributed by atoms with Crippen molar-refractivity contribution in [1.82, 2.24) is 14.8 Å². The number of para-hydroxylation sites is 1. The summed E-state index contributed by atoms with van der Waals surface area (Å²) < 4.78 is 7.33. The second-order valence-corrected chi connectivity index (χ2v) is 9.06. The van der Waals surface area contributed by atoms with Gasteiger partial charge in [-0.25, -0.2) is 0 Å². The summed E-state index contributed by atoms with van der Waals surface area (Å²) in [5.41, 5.74) is 3.12. The predicted molar refractivity (Wildman–Crippen MR) is 136 cm³/mol. The minimum atomic E-state index is -0.0333. The van der Waals surface area contributed by atoms with Crippen LogP contribution < -0.4 is 9.64 Å². The van der Waals surface area contributed by atoms with Crippen LogP contribution in [0, 0.1) is 0 Å². The van der Waals surface area contributed by atoms with E-state index in [1.54, 1.807) is 24.1 Å². The van der Waals surface area contributed by atoms with Crippen molar-refractivity contribution in [2.45, 2.75) is 18.0 Å². The summed E-state index contributed by atoms with van der Waals surface area (Å²) in [4.78, 5) is 26.9. The van der Waals surface area contributed by atoms with E-state index < -0.39 is 0 Å². The Balaban J connectivity index is 1.41. The number of Topliss-reactive ketones (excluding diaryl/α,β-unsaturated/α-hetero) is 1. The molecule has 1 aliphatic heterocycles. The summed E-state index contributed by atoms with van der Waals surface area (Å²) in [5, 5.41) is 9.47. The van der Waals surface area contributed by atoms with E-state index in [9.17, 15) is 9.59 Å². The Morgan fingerprint density at radius 1 is 0.971 bits per heavy atom. The van der Waals surface area contributed by atoms with Crippen LogP contribution in [0.25, 0.3) is 17.1 Å². The molecule has 0 aliphatic carbocycles. The number of rotatable bonds is 8. The Labute approximate surface area is 207 Å². The molecule has 1 saturated heterocycles. The lowest BCUT2D eigenvalue weighted by Crippen LogP contribution is -2.23. The van der Waals surface area contributed by atoms with Crippen molar-refractivity contribution in [2.24, 2.45) is 0 Å². The Kier molecular flexibility index (Phi) is 6.63. The molecule has 0 N–H and O–H groups in total. The topological polar surface area (TPSA) is 77.3 Å². The number of thioether (sulfide) groups is 1. The van der Waals surface area contributed by atoms with Gasteiger partial charge in [-0.05, 0) is 42.8 Å². The van der Waals surface area contributed by atoms with Crippen molar-refractivity contribution in [1.29, 1.82) is 0 Å². The van der Waals surface area contributed by atoms with Gasteiger partial charge in [0.05, 0.1) is 12.9 Å². The highest BCUT2D eigenvalue weighted by molar-refractivity contribution is 7.99. The second kappa shape index (κ2) is 10.1. The number of benzene rings is 3. The zero-order chi connectivity index (χ0) is 24.2. The number of anilines is 1. The van der Waals surface area contributed by atoms with E-state index in [4.69, 9.17) is 4.74 Å². The summed E-state index contributed by atoms with van der Waals surface area (Å²) in [7, 11) is 1.63. The molecule has 8 heteroatoms. The first-order valence-electron chi connectivity index (χ1n) is 11.4. The Bertz CT molecular complexity index is 1370. The normalized spacial score (nSPS) is 13.3. The molecule has 4 aromatic rings. The number of ketones is 1. The molecule has 3 aromatic carbocycles. The van der Waals surface area contributed by atoms with E-state index in [1.165, 1.54) is 11.8 Å². The van der Waals surface area contributed by atoms with E-state index in [2.05, 4.69) is 10.2 Å². The zero-order valence-electron chi connectivity index (χ0n) is 19.3. The van der Waals surface area contributed by atoms with Crippen LogP contribution in [0.4, 0.5) is 5.69 Å². The van der Waals surface area contributed by atoms with E-state index in [1.807, 2.05) is 71.3 Å². The summed E-state index contributed by atoms with van der Waals surface area (Å²) >= 11 is 1.34. The average Bonchev–Trinajstić information content (AvgIpc) is 3.54. The third-order valence-electron chi connectivity index (χ3n) is 5.86. The third-order valence-corrected chi connectivity index (χ3v) is 6.79.